The zero-order valence-corrected chi connectivity index (χ0v) is 10.7. The van der Waals surface area contributed by atoms with Gasteiger partial charge in [-0.1, -0.05) is 12.1 Å². The van der Waals surface area contributed by atoms with Gasteiger partial charge >= 0.3 is 5.97 Å². The first-order chi connectivity index (χ1) is 9.00. The summed E-state index contributed by atoms with van der Waals surface area (Å²) in [7, 11) is 0. The summed E-state index contributed by atoms with van der Waals surface area (Å²) in [6.07, 6.45) is 3.06. The molecule has 0 radical (unpaired) electrons. The van der Waals surface area contributed by atoms with Crippen molar-refractivity contribution in [1.29, 1.82) is 0 Å². The maximum atomic E-state index is 11.5. The molecule has 96 valence electrons. The van der Waals surface area contributed by atoms with Crippen molar-refractivity contribution in [2.75, 3.05) is 0 Å². The minimum absolute atomic E-state index is 0.0389. The van der Waals surface area contributed by atoms with Crippen LogP contribution in [0, 0.1) is 0 Å². The second kappa shape index (κ2) is 5.02. The van der Waals surface area contributed by atoms with Crippen LogP contribution in [0.1, 0.15) is 24.2 Å². The lowest BCUT2D eigenvalue weighted by molar-refractivity contribution is -0.111. The second-order valence-corrected chi connectivity index (χ2v) is 4.27. The number of para-hydroxylation sites is 1. The number of hydrogen-bond donors (Lipinski definition) is 1. The molecular weight excluding hydrogens is 242 g/mol. The first-order valence-corrected chi connectivity index (χ1v) is 5.82. The van der Waals surface area contributed by atoms with Crippen molar-refractivity contribution in [1.82, 2.24) is 0 Å². The Morgan fingerprint density at radius 1 is 1.11 bits per heavy atom. The van der Waals surface area contributed by atoms with E-state index < -0.39 is 5.97 Å². The van der Waals surface area contributed by atoms with Crippen LogP contribution in [0.15, 0.2) is 52.6 Å². The molecule has 4 nitrogen and oxygen atoms in total. The number of carbonyl (C=O) groups excluding carboxylic acids is 1. The van der Waals surface area contributed by atoms with Gasteiger partial charge in [0.2, 0.25) is 0 Å². The van der Waals surface area contributed by atoms with Gasteiger partial charge in [0.1, 0.15) is 0 Å². The SMILES string of the molecule is CC1=C(C)C(=Nc2ccccc2C(=O)O)C=CC1=O. The van der Waals surface area contributed by atoms with Gasteiger partial charge in [-0.2, -0.15) is 0 Å². The van der Waals surface area contributed by atoms with Crippen LogP contribution in [0.25, 0.3) is 0 Å². The van der Waals surface area contributed by atoms with Crippen molar-refractivity contribution < 1.29 is 14.7 Å². The number of carboxylic acid groups (broad SMARTS) is 1. The third-order valence-electron chi connectivity index (χ3n) is 3.08. The second-order valence-electron chi connectivity index (χ2n) is 4.27. The number of nitrogens with zero attached hydrogens (tertiary/aromatic N) is 1. The minimum atomic E-state index is -1.02. The van der Waals surface area contributed by atoms with E-state index in [-0.39, 0.29) is 11.3 Å². The number of benzene rings is 1. The summed E-state index contributed by atoms with van der Waals surface area (Å²) in [4.78, 5) is 26.9. The third-order valence-corrected chi connectivity index (χ3v) is 3.08. The first kappa shape index (κ1) is 13.0. The van der Waals surface area contributed by atoms with E-state index in [0.29, 0.717) is 17.0 Å². The van der Waals surface area contributed by atoms with Crippen LogP contribution in [0.5, 0.6) is 0 Å². The fourth-order valence-corrected chi connectivity index (χ4v) is 1.78. The molecule has 4 heteroatoms. The average molecular weight is 255 g/mol. The van der Waals surface area contributed by atoms with Crippen LogP contribution >= 0.6 is 0 Å². The Labute approximate surface area is 110 Å². The Balaban J connectivity index is 2.52. The van der Waals surface area contributed by atoms with Crippen LogP contribution in [0.3, 0.4) is 0 Å². The summed E-state index contributed by atoms with van der Waals surface area (Å²) >= 11 is 0. The van der Waals surface area contributed by atoms with Gasteiger partial charge in [0.05, 0.1) is 17.0 Å². The van der Waals surface area contributed by atoms with Crippen molar-refractivity contribution >= 4 is 23.2 Å². The summed E-state index contributed by atoms with van der Waals surface area (Å²) in [6.45, 7) is 3.54. The highest BCUT2D eigenvalue weighted by atomic mass is 16.4. The van der Waals surface area contributed by atoms with Crippen molar-refractivity contribution in [2.45, 2.75) is 13.8 Å². The Kier molecular flexibility index (Phi) is 3.42. The predicted octanol–water partition coefficient (Wildman–Crippen LogP) is 2.93. The lowest BCUT2D eigenvalue weighted by Gasteiger charge is -2.11. The third kappa shape index (κ3) is 2.52. The molecule has 2 rings (SSSR count). The first-order valence-electron chi connectivity index (χ1n) is 5.82. The van der Waals surface area contributed by atoms with E-state index in [4.69, 9.17) is 5.11 Å². The lowest BCUT2D eigenvalue weighted by atomic mass is 9.97. The van der Waals surface area contributed by atoms with E-state index in [1.807, 2.05) is 0 Å². The Morgan fingerprint density at radius 3 is 2.47 bits per heavy atom. The average Bonchev–Trinajstić information content (AvgIpc) is 2.40. The molecule has 0 fully saturated rings. The number of allylic oxidation sites excluding steroid dienone is 4. The number of aromatic carboxylic acids is 1. The monoisotopic (exact) mass is 255 g/mol. The molecule has 0 unspecified atom stereocenters. The zero-order chi connectivity index (χ0) is 14.0. The Morgan fingerprint density at radius 2 is 1.79 bits per heavy atom. The van der Waals surface area contributed by atoms with Crippen molar-refractivity contribution in [2.24, 2.45) is 4.99 Å². The maximum Gasteiger partial charge on any atom is 0.337 e. The van der Waals surface area contributed by atoms with Gasteiger partial charge in [0, 0.05) is 5.57 Å². The molecule has 0 aromatic heterocycles. The summed E-state index contributed by atoms with van der Waals surface area (Å²) in [5.41, 5.74) is 2.55. The molecular formula is C15H13NO3. The van der Waals surface area contributed by atoms with Gasteiger partial charge in [0.15, 0.2) is 5.78 Å². The van der Waals surface area contributed by atoms with Crippen LogP contribution in [-0.4, -0.2) is 22.6 Å². The molecule has 0 saturated heterocycles. The largest absolute Gasteiger partial charge is 0.478 e. The smallest absolute Gasteiger partial charge is 0.337 e. The molecule has 1 N–H and O–H groups in total. The maximum absolute atomic E-state index is 11.5. The Bertz CT molecular complexity index is 651. The van der Waals surface area contributed by atoms with E-state index in [1.54, 1.807) is 38.1 Å². The molecule has 0 aliphatic heterocycles. The van der Waals surface area contributed by atoms with Crippen molar-refractivity contribution in [3.63, 3.8) is 0 Å². The van der Waals surface area contributed by atoms with Crippen molar-refractivity contribution in [3.8, 4) is 0 Å². The molecule has 1 aliphatic carbocycles. The van der Waals surface area contributed by atoms with Crippen molar-refractivity contribution in [3.05, 3.63) is 53.1 Å². The van der Waals surface area contributed by atoms with Gasteiger partial charge in [-0.05, 0) is 43.7 Å². The van der Waals surface area contributed by atoms with E-state index in [2.05, 4.69) is 4.99 Å². The van der Waals surface area contributed by atoms with Crippen LogP contribution in [-0.2, 0) is 4.79 Å². The molecule has 0 amide bonds. The normalized spacial score (nSPS) is 17.2. The van der Waals surface area contributed by atoms with E-state index in [0.717, 1.165) is 5.57 Å². The highest BCUT2D eigenvalue weighted by Crippen LogP contribution is 2.22. The fraction of sp³-hybridized carbons (Fsp3) is 0.133. The van der Waals surface area contributed by atoms with Crippen LogP contribution < -0.4 is 0 Å². The highest BCUT2D eigenvalue weighted by molar-refractivity contribution is 6.22. The van der Waals surface area contributed by atoms with Gasteiger partial charge in [-0.3, -0.25) is 4.79 Å². The van der Waals surface area contributed by atoms with E-state index >= 15 is 0 Å². The molecule has 1 aromatic rings. The zero-order valence-electron chi connectivity index (χ0n) is 10.7. The molecule has 0 heterocycles. The number of carboxylic acids is 1. The molecule has 0 atom stereocenters. The number of ketones is 1. The number of carbonyl (C=O) groups is 2. The molecule has 0 spiro atoms. The summed E-state index contributed by atoms with van der Waals surface area (Å²) in [5.74, 6) is -1.06. The number of rotatable bonds is 2. The van der Waals surface area contributed by atoms with Gasteiger partial charge in [0.25, 0.3) is 0 Å². The predicted molar refractivity (Wildman–Crippen MR) is 73.0 cm³/mol. The lowest BCUT2D eigenvalue weighted by Crippen LogP contribution is -2.11. The van der Waals surface area contributed by atoms with Crippen LogP contribution in [0.2, 0.25) is 0 Å². The molecule has 0 bridgehead atoms. The van der Waals surface area contributed by atoms with E-state index in [1.165, 1.54) is 12.1 Å². The Hall–Kier alpha value is -2.49. The number of aliphatic imine (C=N–C) groups is 1. The summed E-state index contributed by atoms with van der Waals surface area (Å²) in [5, 5.41) is 9.10. The van der Waals surface area contributed by atoms with E-state index in [9.17, 15) is 9.59 Å². The number of hydrogen-bond acceptors (Lipinski definition) is 3. The molecule has 1 aliphatic rings. The summed E-state index contributed by atoms with van der Waals surface area (Å²) in [6, 6.07) is 6.53. The molecule has 1 aromatic carbocycles. The van der Waals surface area contributed by atoms with Gasteiger partial charge in [-0.15, -0.1) is 0 Å². The topological polar surface area (TPSA) is 66.7 Å². The van der Waals surface area contributed by atoms with Gasteiger partial charge in [-0.25, -0.2) is 9.79 Å². The quantitative estimate of drug-likeness (QED) is 0.826. The minimum Gasteiger partial charge on any atom is -0.478 e. The molecule has 19 heavy (non-hydrogen) atoms. The molecule has 0 saturated carbocycles. The van der Waals surface area contributed by atoms with Crippen LogP contribution in [0.4, 0.5) is 5.69 Å². The van der Waals surface area contributed by atoms with Gasteiger partial charge < -0.3 is 5.11 Å². The highest BCUT2D eigenvalue weighted by Gasteiger charge is 2.15. The summed E-state index contributed by atoms with van der Waals surface area (Å²) < 4.78 is 0. The fourth-order valence-electron chi connectivity index (χ4n) is 1.78. The standard InChI is InChI=1S/C15H13NO3/c1-9-10(2)14(17)8-7-12(9)16-13-6-4-3-5-11(13)15(18)19/h3-8H,1-2H3,(H,18,19).